The zero-order valence-electron chi connectivity index (χ0n) is 6.86. The van der Waals surface area contributed by atoms with Gasteiger partial charge in [0.2, 0.25) is 0 Å². The third-order valence-electron chi connectivity index (χ3n) is 1.83. The van der Waals surface area contributed by atoms with Crippen molar-refractivity contribution in [1.82, 2.24) is 4.98 Å². The lowest BCUT2D eigenvalue weighted by atomic mass is 10.2. The van der Waals surface area contributed by atoms with E-state index in [1.165, 1.54) is 0 Å². The molecule has 0 saturated heterocycles. The number of aromatic nitrogens is 1. The largest absolute Gasteiger partial charge is 0.399 e. The van der Waals surface area contributed by atoms with Gasteiger partial charge in [-0.2, -0.15) is 5.26 Å². The van der Waals surface area contributed by atoms with Crippen LogP contribution >= 0.6 is 0 Å². The molecule has 2 N–H and O–H groups in total. The predicted octanol–water partition coefficient (Wildman–Crippen LogP) is 1.69. The number of pyridine rings is 1. The normalized spacial score (nSPS) is 9.77. The van der Waals surface area contributed by atoms with Crippen LogP contribution in [-0.2, 0) is 0 Å². The quantitative estimate of drug-likeness (QED) is 0.610. The molecule has 0 bridgehead atoms. The van der Waals surface area contributed by atoms with E-state index >= 15 is 0 Å². The average molecular weight is 169 g/mol. The molecule has 0 atom stereocenters. The Morgan fingerprint density at radius 1 is 1.23 bits per heavy atom. The van der Waals surface area contributed by atoms with Crippen molar-refractivity contribution in [2.75, 3.05) is 5.73 Å². The monoisotopic (exact) mass is 169 g/mol. The molecule has 0 amide bonds. The second kappa shape index (κ2) is 2.76. The third-order valence-corrected chi connectivity index (χ3v) is 1.83. The van der Waals surface area contributed by atoms with Crippen molar-refractivity contribution in [2.45, 2.75) is 0 Å². The first-order valence-electron chi connectivity index (χ1n) is 3.86. The van der Waals surface area contributed by atoms with Gasteiger partial charge in [-0.3, -0.25) is 0 Å². The highest BCUT2D eigenvalue weighted by atomic mass is 14.7. The van der Waals surface area contributed by atoms with Gasteiger partial charge in [-0.05, 0) is 30.3 Å². The molecule has 2 aromatic rings. The van der Waals surface area contributed by atoms with Crippen molar-refractivity contribution in [3.8, 4) is 6.07 Å². The van der Waals surface area contributed by atoms with Crippen molar-refractivity contribution >= 4 is 16.6 Å². The number of rotatable bonds is 0. The van der Waals surface area contributed by atoms with Crippen LogP contribution in [0.5, 0.6) is 0 Å². The number of anilines is 1. The highest BCUT2D eigenvalue weighted by Gasteiger charge is 1.96. The number of fused-ring (bicyclic) bond motifs is 1. The summed E-state index contributed by atoms with van der Waals surface area (Å²) in [5.41, 5.74) is 7.54. The van der Waals surface area contributed by atoms with Gasteiger partial charge >= 0.3 is 0 Å². The first kappa shape index (κ1) is 7.56. The summed E-state index contributed by atoms with van der Waals surface area (Å²) in [5, 5.41) is 9.57. The first-order chi connectivity index (χ1) is 6.29. The summed E-state index contributed by atoms with van der Waals surface area (Å²) in [6.45, 7) is 0. The molecule has 3 nitrogen and oxygen atoms in total. The molecule has 1 aromatic heterocycles. The predicted molar refractivity (Wildman–Crippen MR) is 50.9 cm³/mol. The SMILES string of the molecule is N#Cc1ccc2cc(N)ccc2n1. The molecule has 0 fully saturated rings. The molecule has 3 heteroatoms. The van der Waals surface area contributed by atoms with Crippen molar-refractivity contribution in [3.63, 3.8) is 0 Å². The number of hydrogen-bond donors (Lipinski definition) is 1. The van der Waals surface area contributed by atoms with Crippen molar-refractivity contribution in [2.24, 2.45) is 0 Å². The maximum Gasteiger partial charge on any atom is 0.141 e. The summed E-state index contributed by atoms with van der Waals surface area (Å²) in [6.07, 6.45) is 0. The molecule has 13 heavy (non-hydrogen) atoms. The van der Waals surface area contributed by atoms with Gasteiger partial charge in [0.05, 0.1) is 5.52 Å². The van der Waals surface area contributed by atoms with E-state index in [1.54, 1.807) is 12.1 Å². The lowest BCUT2D eigenvalue weighted by Gasteiger charge is -1.98. The fraction of sp³-hybridized carbons (Fsp3) is 0. The van der Waals surface area contributed by atoms with Gasteiger partial charge in [0.15, 0.2) is 0 Å². The smallest absolute Gasteiger partial charge is 0.141 e. The molecular weight excluding hydrogens is 162 g/mol. The molecule has 0 aliphatic carbocycles. The number of benzene rings is 1. The molecule has 1 heterocycles. The first-order valence-corrected chi connectivity index (χ1v) is 3.86. The fourth-order valence-corrected chi connectivity index (χ4v) is 1.21. The highest BCUT2D eigenvalue weighted by Crippen LogP contribution is 2.15. The Kier molecular flexibility index (Phi) is 1.60. The van der Waals surface area contributed by atoms with E-state index in [9.17, 15) is 0 Å². The number of hydrogen-bond acceptors (Lipinski definition) is 3. The molecule has 62 valence electrons. The maximum atomic E-state index is 8.61. The Hall–Kier alpha value is -2.08. The van der Waals surface area contributed by atoms with E-state index in [-0.39, 0.29) is 0 Å². The second-order valence-electron chi connectivity index (χ2n) is 2.76. The molecule has 0 radical (unpaired) electrons. The van der Waals surface area contributed by atoms with Crippen molar-refractivity contribution in [3.05, 3.63) is 36.0 Å². The average Bonchev–Trinajstić information content (AvgIpc) is 2.17. The molecule has 0 unspecified atom stereocenters. The van der Waals surface area contributed by atoms with Crippen LogP contribution in [0.25, 0.3) is 10.9 Å². The lowest BCUT2D eigenvalue weighted by molar-refractivity contribution is 1.33. The summed E-state index contributed by atoms with van der Waals surface area (Å²) < 4.78 is 0. The van der Waals surface area contributed by atoms with E-state index in [1.807, 2.05) is 24.3 Å². The van der Waals surface area contributed by atoms with Crippen LogP contribution < -0.4 is 5.73 Å². The summed E-state index contributed by atoms with van der Waals surface area (Å²) in [7, 11) is 0. The summed E-state index contributed by atoms with van der Waals surface area (Å²) in [6, 6.07) is 10.9. The van der Waals surface area contributed by atoms with E-state index in [0.29, 0.717) is 11.4 Å². The molecule has 0 aliphatic heterocycles. The summed E-state index contributed by atoms with van der Waals surface area (Å²) in [5.74, 6) is 0. The molecule has 2 rings (SSSR count). The zero-order chi connectivity index (χ0) is 9.26. The Labute approximate surface area is 75.4 Å². The van der Waals surface area contributed by atoms with Crippen LogP contribution in [0.3, 0.4) is 0 Å². The summed E-state index contributed by atoms with van der Waals surface area (Å²) >= 11 is 0. The zero-order valence-corrected chi connectivity index (χ0v) is 6.86. The topological polar surface area (TPSA) is 62.7 Å². The Morgan fingerprint density at radius 3 is 2.85 bits per heavy atom. The van der Waals surface area contributed by atoms with Crippen LogP contribution in [0, 0.1) is 11.3 Å². The minimum absolute atomic E-state index is 0.428. The minimum atomic E-state index is 0.428. The number of nitrogens with zero attached hydrogens (tertiary/aromatic N) is 2. The van der Waals surface area contributed by atoms with Gasteiger partial charge in [0, 0.05) is 11.1 Å². The Bertz CT molecular complexity index is 497. The van der Waals surface area contributed by atoms with E-state index in [4.69, 9.17) is 11.0 Å². The third kappa shape index (κ3) is 1.30. The van der Waals surface area contributed by atoms with Crippen LogP contribution in [0.2, 0.25) is 0 Å². The second-order valence-corrected chi connectivity index (χ2v) is 2.76. The molecule has 1 aromatic carbocycles. The van der Waals surface area contributed by atoms with Crippen molar-refractivity contribution in [1.29, 1.82) is 5.26 Å². The van der Waals surface area contributed by atoms with Crippen LogP contribution in [0.15, 0.2) is 30.3 Å². The van der Waals surface area contributed by atoms with Gasteiger partial charge in [-0.1, -0.05) is 0 Å². The minimum Gasteiger partial charge on any atom is -0.399 e. The van der Waals surface area contributed by atoms with Gasteiger partial charge in [0.1, 0.15) is 11.8 Å². The fourth-order valence-electron chi connectivity index (χ4n) is 1.21. The van der Waals surface area contributed by atoms with Gasteiger partial charge in [0.25, 0.3) is 0 Å². The van der Waals surface area contributed by atoms with Crippen LogP contribution in [0.1, 0.15) is 5.69 Å². The van der Waals surface area contributed by atoms with Gasteiger partial charge in [-0.25, -0.2) is 4.98 Å². The number of nitrogens with two attached hydrogens (primary N) is 1. The van der Waals surface area contributed by atoms with Crippen molar-refractivity contribution < 1.29 is 0 Å². The van der Waals surface area contributed by atoms with Crippen LogP contribution in [0.4, 0.5) is 5.69 Å². The molecule has 0 saturated carbocycles. The summed E-state index contributed by atoms with van der Waals surface area (Å²) in [4.78, 5) is 4.12. The van der Waals surface area contributed by atoms with Crippen LogP contribution in [-0.4, -0.2) is 4.98 Å². The van der Waals surface area contributed by atoms with E-state index < -0.39 is 0 Å². The Balaban J connectivity index is 2.75. The Morgan fingerprint density at radius 2 is 2.08 bits per heavy atom. The highest BCUT2D eigenvalue weighted by molar-refractivity contribution is 5.82. The standard InChI is InChI=1S/C10H7N3/c11-6-9-3-1-7-5-8(12)2-4-10(7)13-9/h1-5H,12H2. The number of nitrogen functional groups attached to an aromatic ring is 1. The van der Waals surface area contributed by atoms with Gasteiger partial charge < -0.3 is 5.73 Å². The van der Waals surface area contributed by atoms with E-state index in [2.05, 4.69) is 4.98 Å². The molecule has 0 spiro atoms. The molecule has 0 aliphatic rings. The van der Waals surface area contributed by atoms with Gasteiger partial charge in [-0.15, -0.1) is 0 Å². The molecular formula is C10H7N3. The number of nitriles is 1. The van der Waals surface area contributed by atoms with E-state index in [0.717, 1.165) is 10.9 Å². The maximum absolute atomic E-state index is 8.61. The lowest BCUT2D eigenvalue weighted by Crippen LogP contribution is -1.87.